The van der Waals surface area contributed by atoms with Crippen molar-refractivity contribution < 1.29 is 0 Å². The number of aromatic nitrogens is 3. The van der Waals surface area contributed by atoms with Gasteiger partial charge in [-0.1, -0.05) is 0 Å². The fraction of sp³-hybridized carbons (Fsp3) is 0.333. The van der Waals surface area contributed by atoms with Crippen LogP contribution in [0.1, 0.15) is 11.4 Å². The van der Waals surface area contributed by atoms with Crippen molar-refractivity contribution in [3.63, 3.8) is 0 Å². The topological polar surface area (TPSA) is 50.7 Å². The monoisotopic (exact) mass is 177 g/mol. The van der Waals surface area contributed by atoms with Crippen molar-refractivity contribution in [1.82, 2.24) is 14.8 Å². The van der Waals surface area contributed by atoms with Gasteiger partial charge in [0.05, 0.1) is 16.6 Å². The number of aryl methyl sites for hydroxylation is 3. The first kappa shape index (κ1) is 8.04. The number of fused-ring (bicyclic) bond motifs is 1. The SMILES string of the molecule is Cc1cc2[nH]n(C)c(=O)c2c(C)n1. The van der Waals surface area contributed by atoms with Crippen LogP contribution < -0.4 is 5.56 Å². The molecular weight excluding hydrogens is 166 g/mol. The van der Waals surface area contributed by atoms with E-state index in [1.807, 2.05) is 19.9 Å². The van der Waals surface area contributed by atoms with Crippen molar-refractivity contribution >= 4 is 10.9 Å². The minimum atomic E-state index is -0.0139. The highest BCUT2D eigenvalue weighted by Crippen LogP contribution is 2.11. The second kappa shape index (κ2) is 2.45. The molecule has 0 fully saturated rings. The maximum absolute atomic E-state index is 11.6. The molecule has 0 aliphatic carbocycles. The maximum atomic E-state index is 11.6. The Bertz CT molecular complexity index is 521. The van der Waals surface area contributed by atoms with Crippen LogP contribution in [0.2, 0.25) is 0 Å². The summed E-state index contributed by atoms with van der Waals surface area (Å²) < 4.78 is 1.47. The Balaban J connectivity index is 3.03. The quantitative estimate of drug-likeness (QED) is 0.649. The molecule has 4 heteroatoms. The molecule has 0 amide bonds. The Kier molecular flexibility index (Phi) is 1.52. The van der Waals surface area contributed by atoms with E-state index in [4.69, 9.17) is 0 Å². The van der Waals surface area contributed by atoms with Crippen molar-refractivity contribution in [1.29, 1.82) is 0 Å². The Morgan fingerprint density at radius 2 is 2.15 bits per heavy atom. The standard InChI is InChI=1S/C9H11N3O/c1-5-4-7-8(6(2)10-5)9(13)12(3)11-7/h4,11H,1-3H3. The second-order valence-corrected chi connectivity index (χ2v) is 3.25. The predicted octanol–water partition coefficient (Wildman–Crippen LogP) is 0.878. The molecule has 2 aromatic rings. The number of rotatable bonds is 0. The van der Waals surface area contributed by atoms with Gasteiger partial charge in [0.15, 0.2) is 0 Å². The van der Waals surface area contributed by atoms with Crippen molar-refractivity contribution in [2.24, 2.45) is 7.05 Å². The Morgan fingerprint density at radius 3 is 2.85 bits per heavy atom. The van der Waals surface area contributed by atoms with E-state index in [0.29, 0.717) is 5.39 Å². The predicted molar refractivity (Wildman–Crippen MR) is 50.8 cm³/mol. The largest absolute Gasteiger partial charge is 0.295 e. The average molecular weight is 177 g/mol. The van der Waals surface area contributed by atoms with Gasteiger partial charge in [0, 0.05) is 12.7 Å². The fourth-order valence-corrected chi connectivity index (χ4v) is 1.59. The van der Waals surface area contributed by atoms with E-state index < -0.39 is 0 Å². The molecule has 0 aliphatic heterocycles. The molecule has 0 bridgehead atoms. The van der Waals surface area contributed by atoms with E-state index >= 15 is 0 Å². The molecule has 0 aromatic carbocycles. The number of nitrogens with zero attached hydrogens (tertiary/aromatic N) is 2. The minimum Gasteiger partial charge on any atom is -0.295 e. The van der Waals surface area contributed by atoms with Crippen molar-refractivity contribution in [3.8, 4) is 0 Å². The normalized spacial score (nSPS) is 11.0. The molecule has 0 atom stereocenters. The number of nitrogens with one attached hydrogen (secondary N) is 1. The van der Waals surface area contributed by atoms with E-state index in [0.717, 1.165) is 16.9 Å². The van der Waals surface area contributed by atoms with Crippen molar-refractivity contribution in [2.75, 3.05) is 0 Å². The number of hydrogen-bond acceptors (Lipinski definition) is 2. The van der Waals surface area contributed by atoms with Crippen LogP contribution in [-0.2, 0) is 7.05 Å². The van der Waals surface area contributed by atoms with Gasteiger partial charge in [0.25, 0.3) is 5.56 Å². The van der Waals surface area contributed by atoms with Gasteiger partial charge in [-0.15, -0.1) is 0 Å². The van der Waals surface area contributed by atoms with E-state index in [-0.39, 0.29) is 5.56 Å². The summed E-state index contributed by atoms with van der Waals surface area (Å²) in [5, 5.41) is 3.66. The third-order valence-electron chi connectivity index (χ3n) is 2.14. The summed E-state index contributed by atoms with van der Waals surface area (Å²) in [7, 11) is 1.71. The van der Waals surface area contributed by atoms with Gasteiger partial charge in [0.2, 0.25) is 0 Å². The molecule has 0 saturated heterocycles. The highest BCUT2D eigenvalue weighted by Gasteiger charge is 2.07. The lowest BCUT2D eigenvalue weighted by molar-refractivity contribution is 0.751. The fourth-order valence-electron chi connectivity index (χ4n) is 1.59. The summed E-state index contributed by atoms with van der Waals surface area (Å²) >= 11 is 0. The molecule has 2 rings (SSSR count). The van der Waals surface area contributed by atoms with Gasteiger partial charge in [-0.2, -0.15) is 0 Å². The summed E-state index contributed by atoms with van der Waals surface area (Å²) in [5.41, 5.74) is 2.56. The van der Waals surface area contributed by atoms with E-state index in [1.54, 1.807) is 7.05 Å². The molecular formula is C9H11N3O. The first-order chi connectivity index (χ1) is 6.09. The van der Waals surface area contributed by atoms with Crippen LogP contribution in [0.3, 0.4) is 0 Å². The lowest BCUT2D eigenvalue weighted by Crippen LogP contribution is -2.12. The number of aromatic amines is 1. The maximum Gasteiger partial charge on any atom is 0.275 e. The molecule has 13 heavy (non-hydrogen) atoms. The first-order valence-electron chi connectivity index (χ1n) is 4.12. The zero-order valence-corrected chi connectivity index (χ0v) is 7.88. The minimum absolute atomic E-state index is 0.0139. The van der Waals surface area contributed by atoms with Crippen LogP contribution >= 0.6 is 0 Å². The molecule has 0 unspecified atom stereocenters. The van der Waals surface area contributed by atoms with Gasteiger partial charge >= 0.3 is 0 Å². The Morgan fingerprint density at radius 1 is 1.46 bits per heavy atom. The van der Waals surface area contributed by atoms with Gasteiger partial charge in [0.1, 0.15) is 0 Å². The number of pyridine rings is 1. The zero-order valence-electron chi connectivity index (χ0n) is 7.88. The van der Waals surface area contributed by atoms with Crippen LogP contribution in [-0.4, -0.2) is 14.8 Å². The van der Waals surface area contributed by atoms with E-state index in [9.17, 15) is 4.79 Å². The molecule has 4 nitrogen and oxygen atoms in total. The lowest BCUT2D eigenvalue weighted by atomic mass is 10.2. The van der Waals surface area contributed by atoms with Crippen LogP contribution in [0.15, 0.2) is 10.9 Å². The number of H-pyrrole nitrogens is 1. The molecule has 0 radical (unpaired) electrons. The second-order valence-electron chi connectivity index (χ2n) is 3.25. The van der Waals surface area contributed by atoms with Crippen LogP contribution in [0.4, 0.5) is 0 Å². The third-order valence-corrected chi connectivity index (χ3v) is 2.14. The molecule has 2 aromatic heterocycles. The van der Waals surface area contributed by atoms with Crippen LogP contribution in [0, 0.1) is 13.8 Å². The van der Waals surface area contributed by atoms with Gasteiger partial charge in [-0.25, -0.2) is 0 Å². The summed E-state index contributed by atoms with van der Waals surface area (Å²) in [5.74, 6) is 0. The average Bonchev–Trinajstić information content (AvgIpc) is 2.27. The van der Waals surface area contributed by atoms with Crippen molar-refractivity contribution in [2.45, 2.75) is 13.8 Å². The molecule has 0 spiro atoms. The highest BCUT2D eigenvalue weighted by atomic mass is 16.1. The zero-order chi connectivity index (χ0) is 9.59. The van der Waals surface area contributed by atoms with Gasteiger partial charge < -0.3 is 0 Å². The molecule has 2 heterocycles. The molecule has 1 N–H and O–H groups in total. The molecule has 68 valence electrons. The lowest BCUT2D eigenvalue weighted by Gasteiger charge is -1.95. The Labute approximate surface area is 75.2 Å². The summed E-state index contributed by atoms with van der Waals surface area (Å²) in [6.07, 6.45) is 0. The van der Waals surface area contributed by atoms with Gasteiger partial charge in [-0.3, -0.25) is 19.6 Å². The third kappa shape index (κ3) is 1.06. The summed E-state index contributed by atoms with van der Waals surface area (Å²) in [4.78, 5) is 15.8. The molecule has 0 aliphatic rings. The van der Waals surface area contributed by atoms with Crippen LogP contribution in [0.25, 0.3) is 10.9 Å². The summed E-state index contributed by atoms with van der Waals surface area (Å²) in [6, 6.07) is 1.88. The van der Waals surface area contributed by atoms with E-state index in [1.165, 1.54) is 4.68 Å². The van der Waals surface area contributed by atoms with Crippen molar-refractivity contribution in [3.05, 3.63) is 27.8 Å². The van der Waals surface area contributed by atoms with Gasteiger partial charge in [-0.05, 0) is 19.9 Å². The molecule has 0 saturated carbocycles. The highest BCUT2D eigenvalue weighted by molar-refractivity contribution is 5.80. The van der Waals surface area contributed by atoms with E-state index in [2.05, 4.69) is 10.1 Å². The number of hydrogen-bond donors (Lipinski definition) is 1. The smallest absolute Gasteiger partial charge is 0.275 e. The first-order valence-corrected chi connectivity index (χ1v) is 4.12. The van der Waals surface area contributed by atoms with Crippen LogP contribution in [0.5, 0.6) is 0 Å². The summed E-state index contributed by atoms with van der Waals surface area (Å²) in [6.45, 7) is 3.77. The Hall–Kier alpha value is -1.58.